The zero-order valence-corrected chi connectivity index (χ0v) is 9.23. The topological polar surface area (TPSA) is 101 Å². The monoisotopic (exact) mass is 253 g/mol. The van der Waals surface area contributed by atoms with Crippen LogP contribution in [0.15, 0.2) is 29.1 Å². The third-order valence-corrected chi connectivity index (χ3v) is 2.43. The van der Waals surface area contributed by atoms with E-state index in [4.69, 9.17) is 22.4 Å². The summed E-state index contributed by atoms with van der Waals surface area (Å²) in [6.45, 7) is 0. The van der Waals surface area contributed by atoms with Crippen molar-refractivity contribution < 1.29 is 9.90 Å². The molecule has 88 valence electrons. The van der Waals surface area contributed by atoms with Crippen LogP contribution in [0.1, 0.15) is 10.5 Å². The van der Waals surface area contributed by atoms with Crippen LogP contribution in [0, 0.1) is 0 Å². The number of aromatic nitrogens is 2. The van der Waals surface area contributed by atoms with Crippen molar-refractivity contribution in [2.45, 2.75) is 0 Å². The molecule has 0 amide bonds. The molecular formula is C10H8ClN3O3. The predicted molar refractivity (Wildman–Crippen MR) is 62.8 cm³/mol. The van der Waals surface area contributed by atoms with Crippen LogP contribution in [-0.4, -0.2) is 20.6 Å². The summed E-state index contributed by atoms with van der Waals surface area (Å²) in [5, 5.41) is 9.39. The molecular weight excluding hydrogens is 246 g/mol. The summed E-state index contributed by atoms with van der Waals surface area (Å²) >= 11 is 5.78. The third kappa shape index (κ3) is 1.90. The number of H-pyrrole nitrogens is 1. The average Bonchev–Trinajstić information content (AvgIpc) is 2.53. The number of halogens is 1. The minimum Gasteiger partial charge on any atom is -0.476 e. The van der Waals surface area contributed by atoms with Crippen LogP contribution < -0.4 is 11.4 Å². The number of carboxylic acid groups (broad SMARTS) is 1. The SMILES string of the molecule is Nc1[nH]c(=O)n(-c2cccc(Cl)c2)c1C(=O)O. The summed E-state index contributed by atoms with van der Waals surface area (Å²) in [4.78, 5) is 24.9. The van der Waals surface area contributed by atoms with E-state index in [2.05, 4.69) is 4.98 Å². The Labute approximate surface area is 100 Å². The summed E-state index contributed by atoms with van der Waals surface area (Å²) in [7, 11) is 0. The van der Waals surface area contributed by atoms with Gasteiger partial charge >= 0.3 is 11.7 Å². The van der Waals surface area contributed by atoms with E-state index < -0.39 is 11.7 Å². The van der Waals surface area contributed by atoms with E-state index in [9.17, 15) is 9.59 Å². The quantitative estimate of drug-likeness (QED) is 0.746. The molecule has 0 atom stereocenters. The molecule has 0 aliphatic rings. The Morgan fingerprint density at radius 1 is 1.47 bits per heavy atom. The summed E-state index contributed by atoms with van der Waals surface area (Å²) < 4.78 is 0.962. The first-order valence-corrected chi connectivity index (χ1v) is 4.98. The number of nitrogens with one attached hydrogen (secondary N) is 1. The second kappa shape index (κ2) is 3.99. The van der Waals surface area contributed by atoms with Crippen LogP contribution in [0.25, 0.3) is 5.69 Å². The Balaban J connectivity index is 2.75. The van der Waals surface area contributed by atoms with Crippen molar-refractivity contribution in [2.75, 3.05) is 5.73 Å². The van der Waals surface area contributed by atoms with Gasteiger partial charge in [-0.2, -0.15) is 0 Å². The highest BCUT2D eigenvalue weighted by Crippen LogP contribution is 2.17. The van der Waals surface area contributed by atoms with E-state index in [-0.39, 0.29) is 11.5 Å². The number of hydrogen-bond donors (Lipinski definition) is 3. The van der Waals surface area contributed by atoms with Gasteiger partial charge in [0.1, 0.15) is 5.82 Å². The molecule has 0 unspecified atom stereocenters. The zero-order valence-electron chi connectivity index (χ0n) is 8.48. The van der Waals surface area contributed by atoms with Crippen molar-refractivity contribution in [1.82, 2.24) is 9.55 Å². The van der Waals surface area contributed by atoms with E-state index in [1.807, 2.05) is 0 Å². The highest BCUT2D eigenvalue weighted by atomic mass is 35.5. The number of aromatic amines is 1. The summed E-state index contributed by atoms with van der Waals surface area (Å²) in [6, 6.07) is 6.27. The number of rotatable bonds is 2. The zero-order chi connectivity index (χ0) is 12.6. The Morgan fingerprint density at radius 2 is 2.18 bits per heavy atom. The molecule has 2 rings (SSSR count). The number of benzene rings is 1. The number of aromatic carboxylic acids is 1. The number of nitrogens with two attached hydrogens (primary N) is 1. The molecule has 0 fully saturated rings. The van der Waals surface area contributed by atoms with Gasteiger partial charge in [0.2, 0.25) is 0 Å². The fraction of sp³-hybridized carbons (Fsp3) is 0. The molecule has 0 radical (unpaired) electrons. The van der Waals surface area contributed by atoms with Gasteiger partial charge in [-0.05, 0) is 18.2 Å². The minimum atomic E-state index is -1.29. The number of hydrogen-bond acceptors (Lipinski definition) is 3. The van der Waals surface area contributed by atoms with Crippen LogP contribution in [0.4, 0.5) is 5.82 Å². The molecule has 0 saturated carbocycles. The van der Waals surface area contributed by atoms with Gasteiger partial charge in [-0.1, -0.05) is 17.7 Å². The van der Waals surface area contributed by atoms with Crippen LogP contribution in [0.3, 0.4) is 0 Å². The Bertz CT molecular complexity index is 644. The van der Waals surface area contributed by atoms with Crippen molar-refractivity contribution in [3.63, 3.8) is 0 Å². The standard InChI is InChI=1S/C10H8ClN3O3/c11-5-2-1-3-6(4-5)14-7(9(15)16)8(12)13-10(14)17/h1-4H,12H2,(H,13,17)(H,15,16). The van der Waals surface area contributed by atoms with Gasteiger partial charge < -0.3 is 10.8 Å². The maximum atomic E-state index is 11.6. The molecule has 0 spiro atoms. The maximum absolute atomic E-state index is 11.6. The first-order chi connectivity index (χ1) is 8.00. The lowest BCUT2D eigenvalue weighted by Gasteiger charge is -2.04. The number of anilines is 1. The van der Waals surface area contributed by atoms with Gasteiger partial charge in [0.05, 0.1) is 5.69 Å². The van der Waals surface area contributed by atoms with E-state index in [0.29, 0.717) is 10.7 Å². The molecule has 0 saturated heterocycles. The number of nitrogens with zero attached hydrogens (tertiary/aromatic N) is 1. The molecule has 4 N–H and O–H groups in total. The second-order valence-electron chi connectivity index (χ2n) is 3.31. The van der Waals surface area contributed by atoms with Gasteiger partial charge in [-0.25, -0.2) is 9.59 Å². The van der Waals surface area contributed by atoms with Crippen LogP contribution >= 0.6 is 11.6 Å². The molecule has 1 heterocycles. The molecule has 0 aliphatic heterocycles. The Hall–Kier alpha value is -2.21. The maximum Gasteiger partial charge on any atom is 0.356 e. The van der Waals surface area contributed by atoms with Gasteiger partial charge in [-0.3, -0.25) is 9.55 Å². The fourth-order valence-corrected chi connectivity index (χ4v) is 1.71. The molecule has 2 aromatic rings. The largest absolute Gasteiger partial charge is 0.476 e. The van der Waals surface area contributed by atoms with Crippen LogP contribution in [0.5, 0.6) is 0 Å². The van der Waals surface area contributed by atoms with Crippen molar-refractivity contribution in [3.05, 3.63) is 45.5 Å². The van der Waals surface area contributed by atoms with Gasteiger partial charge in [0.25, 0.3) is 0 Å². The number of carbonyl (C=O) groups is 1. The van der Waals surface area contributed by atoms with Gasteiger partial charge in [0, 0.05) is 5.02 Å². The molecule has 1 aromatic carbocycles. The first kappa shape index (κ1) is 11.3. The van der Waals surface area contributed by atoms with Crippen LogP contribution in [0.2, 0.25) is 5.02 Å². The van der Waals surface area contributed by atoms with Gasteiger partial charge in [-0.15, -0.1) is 0 Å². The van der Waals surface area contributed by atoms with Crippen molar-refractivity contribution >= 4 is 23.4 Å². The summed E-state index contributed by atoms with van der Waals surface area (Å²) in [6.07, 6.45) is 0. The van der Waals surface area contributed by atoms with E-state index >= 15 is 0 Å². The van der Waals surface area contributed by atoms with Crippen molar-refractivity contribution in [2.24, 2.45) is 0 Å². The van der Waals surface area contributed by atoms with Crippen LogP contribution in [-0.2, 0) is 0 Å². The minimum absolute atomic E-state index is 0.192. The van der Waals surface area contributed by atoms with Crippen molar-refractivity contribution in [1.29, 1.82) is 0 Å². The summed E-state index contributed by atoms with van der Waals surface area (Å²) in [5.74, 6) is -1.48. The average molecular weight is 254 g/mol. The summed E-state index contributed by atoms with van der Waals surface area (Å²) in [5.41, 5.74) is 4.84. The molecule has 17 heavy (non-hydrogen) atoms. The number of nitrogen functional groups attached to an aromatic ring is 1. The highest BCUT2D eigenvalue weighted by Gasteiger charge is 2.19. The number of carboxylic acids is 1. The van der Waals surface area contributed by atoms with E-state index in [1.54, 1.807) is 18.2 Å². The Kier molecular flexibility index (Phi) is 2.64. The Morgan fingerprint density at radius 3 is 2.76 bits per heavy atom. The van der Waals surface area contributed by atoms with Gasteiger partial charge in [0.15, 0.2) is 5.69 Å². The van der Waals surface area contributed by atoms with E-state index in [1.165, 1.54) is 6.07 Å². The molecule has 6 nitrogen and oxygen atoms in total. The molecule has 1 aromatic heterocycles. The van der Waals surface area contributed by atoms with E-state index in [0.717, 1.165) is 4.57 Å². The number of imidazole rings is 1. The lowest BCUT2D eigenvalue weighted by atomic mass is 10.3. The van der Waals surface area contributed by atoms with Crippen molar-refractivity contribution in [3.8, 4) is 5.69 Å². The fourth-order valence-electron chi connectivity index (χ4n) is 1.52. The lowest BCUT2D eigenvalue weighted by molar-refractivity contribution is 0.0689. The third-order valence-electron chi connectivity index (χ3n) is 2.19. The first-order valence-electron chi connectivity index (χ1n) is 4.60. The molecule has 0 aliphatic carbocycles. The highest BCUT2D eigenvalue weighted by molar-refractivity contribution is 6.30. The second-order valence-corrected chi connectivity index (χ2v) is 3.75. The lowest BCUT2D eigenvalue weighted by Crippen LogP contribution is -2.19. The molecule has 7 heteroatoms. The molecule has 0 bridgehead atoms. The normalized spacial score (nSPS) is 10.4. The smallest absolute Gasteiger partial charge is 0.356 e. The predicted octanol–water partition coefficient (Wildman–Crippen LogP) is 1.10.